The average molecular weight is 1360 g/mol. The standard InChI is InChI=1S/C35H54O4SSi.C27H44O2.C7H16.BI2/c1-24-10-13-28(14-11-24)40(36,37)38-23-25(2)30-16-17-31-29-15-12-26-22-27(39-41(8,9)33(3,4)5)18-20-34(26,6)32(29)19-21-35(30,31)7;1-18(7-6-14-25(2,3)29)22-10-11-23-21-9-8-19-17-20(28)12-15-26(19,4)24(21)13-16-27(22,23)5;1-5-6-7(2,3)4;1-3-2/h10-15,25,27,30-32H,16-23H2,1-9H3;8-9,18,20,22-24,28-29H,6-7,10-17H2,1-5H3;5-6H2,1-4H3;/q;;;-1/t25?,27-,30?,31?,32?,34-,35+;18?,20-,22?,23?,24?,26-,27+;;/m00../s1. The van der Waals surface area contributed by atoms with Crippen LogP contribution in [0.2, 0.25) is 18.1 Å². The monoisotopic (exact) mass is 1360 g/mol. The van der Waals surface area contributed by atoms with Crippen LogP contribution in [-0.4, -0.2) is 57.1 Å². The number of benzene rings is 1. The molecule has 0 bridgehead atoms. The van der Waals surface area contributed by atoms with Crippen molar-refractivity contribution in [3.63, 3.8) is 0 Å². The van der Waals surface area contributed by atoms with Gasteiger partial charge in [0.25, 0.3) is 10.1 Å². The van der Waals surface area contributed by atoms with E-state index in [2.05, 4.69) is 146 Å². The normalized spacial score (nSPS) is 34.7. The van der Waals surface area contributed by atoms with Gasteiger partial charge in [0, 0.05) is 6.10 Å². The zero-order chi connectivity index (χ0) is 59.7. The van der Waals surface area contributed by atoms with Crippen molar-refractivity contribution in [1.82, 2.24) is 0 Å². The Labute approximate surface area is 513 Å². The molecule has 8 aliphatic carbocycles. The maximum absolute atomic E-state index is 12.9. The van der Waals surface area contributed by atoms with Crippen molar-refractivity contribution >= 4 is 42.8 Å². The van der Waals surface area contributed by atoms with Gasteiger partial charge in [0.2, 0.25) is 0 Å². The molecule has 6 saturated carbocycles. The Balaban J connectivity index is 0.000000229. The van der Waals surface area contributed by atoms with Crippen molar-refractivity contribution in [2.45, 2.75) is 274 Å². The number of allylic oxidation sites excluding steroid dienone is 6. The minimum atomic E-state index is -3.74. The fourth-order valence-electron chi connectivity index (χ4n) is 17.5. The first-order valence-electron chi connectivity index (χ1n) is 31.8. The van der Waals surface area contributed by atoms with Crippen LogP contribution in [0.3, 0.4) is 0 Å². The Bertz CT molecular complexity index is 2470. The summed E-state index contributed by atoms with van der Waals surface area (Å²) in [5, 5.41) is 20.5. The minimum absolute atomic E-state index is 0.0600. The SMILES string of the molecule is CC(CCCC(C)(C)O)C1CCC2C3=CC=C4C[C@@H](O)CC[C@]4(C)C3CC[C@@]21C.CCCC(C)(C)C.Cc1ccc(S(=O)(=O)OCC(C)C2CCC3C4=CC=C5C[C@@H](O[Si](C)(C)C(C)(C)C)CC[C@]5(C)C4CC[C@@]32C)cc1.[B][I-]I. The van der Waals surface area contributed by atoms with Crippen LogP contribution >= 0.6 is 18.6 Å². The van der Waals surface area contributed by atoms with E-state index in [1.54, 1.807) is 28.9 Å². The van der Waals surface area contributed by atoms with Crippen molar-refractivity contribution in [2.24, 2.45) is 74.4 Å². The van der Waals surface area contributed by atoms with Crippen molar-refractivity contribution < 1.29 is 44.3 Å². The van der Waals surface area contributed by atoms with Gasteiger partial charge in [-0.1, -0.05) is 174 Å². The van der Waals surface area contributed by atoms with E-state index >= 15 is 0 Å². The first-order valence-corrected chi connectivity index (χ1v) is 43.7. The van der Waals surface area contributed by atoms with E-state index in [9.17, 15) is 18.6 Å². The average Bonchev–Trinajstić information content (AvgIpc) is 3.90. The Morgan fingerprint density at radius 2 is 1.20 bits per heavy atom. The molecular formula is C69H114BI2O6SSi-. The maximum atomic E-state index is 12.9. The second-order valence-electron chi connectivity index (χ2n) is 31.5. The Hall–Kier alpha value is -0.288. The van der Waals surface area contributed by atoms with Gasteiger partial charge in [-0.25, -0.2) is 0 Å². The number of aryl methyl sites for hydroxylation is 1. The molecule has 0 spiro atoms. The summed E-state index contributed by atoms with van der Waals surface area (Å²) in [6.07, 6.45) is 32.8. The van der Waals surface area contributed by atoms with E-state index in [1.807, 2.05) is 32.9 Å². The molecule has 9 rings (SSSR count). The number of hydrogen-bond acceptors (Lipinski definition) is 6. The second-order valence-corrected chi connectivity index (χ2v) is 41.5. The third kappa shape index (κ3) is 15.7. The van der Waals surface area contributed by atoms with Gasteiger partial charge in [-0.15, -0.1) is 0 Å². The summed E-state index contributed by atoms with van der Waals surface area (Å²) in [6.45, 7) is 41.7. The van der Waals surface area contributed by atoms with Crippen molar-refractivity contribution in [2.75, 3.05) is 6.61 Å². The van der Waals surface area contributed by atoms with Crippen LogP contribution in [-0.2, 0) is 18.7 Å². The molecule has 14 atom stereocenters. The zero-order valence-corrected chi connectivity index (χ0v) is 59.9. The van der Waals surface area contributed by atoms with E-state index in [1.165, 1.54) is 82.6 Å². The third-order valence-corrected chi connectivity index (χ3v) is 28.9. The van der Waals surface area contributed by atoms with Crippen LogP contribution < -0.4 is 17.0 Å². The predicted molar refractivity (Wildman–Crippen MR) is 345 cm³/mol. The predicted octanol–water partition coefficient (Wildman–Crippen LogP) is 16.0. The molecular weight excluding hydrogens is 1250 g/mol. The number of rotatable bonds is 13. The summed E-state index contributed by atoms with van der Waals surface area (Å²) >= 11 is 2.24. The Kier molecular flexibility index (Phi) is 23.2. The van der Waals surface area contributed by atoms with Crippen LogP contribution in [0.15, 0.2) is 75.8 Å². The molecule has 0 aromatic heterocycles. The first-order chi connectivity index (χ1) is 37.0. The van der Waals surface area contributed by atoms with Gasteiger partial charge >= 0.3 is 41.3 Å². The van der Waals surface area contributed by atoms with Crippen molar-refractivity contribution in [3.05, 3.63) is 76.4 Å². The molecule has 1 aromatic rings. The van der Waals surface area contributed by atoms with E-state index in [0.29, 0.717) is 46.0 Å². The van der Waals surface area contributed by atoms with Gasteiger partial charge in [-0.2, -0.15) is 8.42 Å². The number of halogens is 2. The van der Waals surface area contributed by atoms with E-state index in [4.69, 9.17) is 14.3 Å². The summed E-state index contributed by atoms with van der Waals surface area (Å²) in [5.74, 6) is 4.90. The molecule has 8 unspecified atom stereocenters. The number of aliphatic hydroxyl groups is 2. The van der Waals surface area contributed by atoms with Gasteiger partial charge in [-0.05, 0) is 228 Å². The molecule has 0 amide bonds. The summed E-state index contributed by atoms with van der Waals surface area (Å²) < 4.78 is 38.3. The fourth-order valence-corrected chi connectivity index (χ4v) is 19.9. The number of hydrogen-bond donors (Lipinski definition) is 2. The van der Waals surface area contributed by atoms with E-state index < -0.39 is 24.0 Å². The molecule has 0 saturated heterocycles. The van der Waals surface area contributed by atoms with E-state index in [0.717, 1.165) is 68.3 Å². The van der Waals surface area contributed by atoms with Crippen molar-refractivity contribution in [1.29, 1.82) is 0 Å². The van der Waals surface area contributed by atoms with Crippen LogP contribution in [0.1, 0.15) is 231 Å². The Morgan fingerprint density at radius 3 is 1.66 bits per heavy atom. The van der Waals surface area contributed by atoms with Crippen LogP contribution in [0.5, 0.6) is 0 Å². The topological polar surface area (TPSA) is 93.1 Å². The summed E-state index contributed by atoms with van der Waals surface area (Å²) in [7, 11) is -5.53. The molecule has 0 heterocycles. The number of aliphatic hydroxyl groups excluding tert-OH is 1. The van der Waals surface area contributed by atoms with Gasteiger partial charge in [-0.3, -0.25) is 4.18 Å². The molecule has 2 N–H and O–H groups in total. The quantitative estimate of drug-likeness (QED) is 0.116. The summed E-state index contributed by atoms with van der Waals surface area (Å²) in [4.78, 5) is 0.249. The van der Waals surface area contributed by atoms with Crippen molar-refractivity contribution in [3.8, 4) is 0 Å². The van der Waals surface area contributed by atoms with Crippen LogP contribution in [0.4, 0.5) is 0 Å². The molecule has 8 aliphatic rings. The molecule has 1 aromatic carbocycles. The van der Waals surface area contributed by atoms with E-state index in [-0.39, 0.29) is 56.4 Å². The van der Waals surface area contributed by atoms with Gasteiger partial charge < -0.3 is 14.6 Å². The van der Waals surface area contributed by atoms with Gasteiger partial charge in [0.1, 0.15) is 0 Å². The van der Waals surface area contributed by atoms with Crippen LogP contribution in [0.25, 0.3) is 0 Å². The second kappa shape index (κ2) is 27.0. The molecule has 6 nitrogen and oxygen atoms in total. The third-order valence-electron chi connectivity index (χ3n) is 23.1. The van der Waals surface area contributed by atoms with Crippen LogP contribution in [0, 0.1) is 81.3 Å². The zero-order valence-electron chi connectivity index (χ0n) is 53.8. The molecule has 11 heteroatoms. The van der Waals surface area contributed by atoms with Gasteiger partial charge in [0.15, 0.2) is 8.32 Å². The molecule has 6 fully saturated rings. The molecule has 0 aliphatic heterocycles. The molecule has 80 heavy (non-hydrogen) atoms. The molecule has 454 valence electrons. The first kappa shape index (κ1) is 68.8. The fraction of sp³-hybridized carbons (Fsp3) is 0.797. The number of fused-ring (bicyclic) bond motifs is 10. The Morgan fingerprint density at radius 1 is 0.713 bits per heavy atom. The summed E-state index contributed by atoms with van der Waals surface area (Å²) in [6, 6.07) is 6.95. The van der Waals surface area contributed by atoms with Gasteiger partial charge in [0.05, 0.1) is 23.2 Å². The summed E-state index contributed by atoms with van der Waals surface area (Å²) in [5.41, 5.74) is 13.8. The molecule has 2 radical (unpaired) electrons.